The summed E-state index contributed by atoms with van der Waals surface area (Å²) in [4.78, 5) is 12.7. The highest BCUT2D eigenvalue weighted by atomic mass is 16.5. The van der Waals surface area contributed by atoms with Gasteiger partial charge in [0.05, 0.1) is 12.0 Å². The number of amides is 1. The van der Waals surface area contributed by atoms with Crippen LogP contribution in [0.15, 0.2) is 24.3 Å². The highest BCUT2D eigenvalue weighted by Gasteiger charge is 2.28. The summed E-state index contributed by atoms with van der Waals surface area (Å²) in [5.41, 5.74) is 1.10. The van der Waals surface area contributed by atoms with Gasteiger partial charge >= 0.3 is 0 Å². The Hall–Kier alpha value is -2.37. The second-order valence-electron chi connectivity index (χ2n) is 6.99. The van der Waals surface area contributed by atoms with Gasteiger partial charge in [0.1, 0.15) is 18.2 Å². The van der Waals surface area contributed by atoms with Crippen LogP contribution in [0, 0.1) is 5.92 Å². The average Bonchev–Trinajstić information content (AvgIpc) is 2.90. The maximum Gasteiger partial charge on any atom is 0.227 e. The Kier molecular flexibility index (Phi) is 4.42. The highest BCUT2D eigenvalue weighted by Crippen LogP contribution is 2.27. The van der Waals surface area contributed by atoms with Crippen LogP contribution in [0.1, 0.15) is 49.4 Å². The number of ether oxygens (including phenoxy) is 1. The number of carbonyl (C=O) groups is 1. The number of rotatable bonds is 3. The highest BCUT2D eigenvalue weighted by molar-refractivity contribution is 5.80. The maximum absolute atomic E-state index is 12.7. The molecule has 0 unspecified atom stereocenters. The van der Waals surface area contributed by atoms with Crippen molar-refractivity contribution < 1.29 is 9.53 Å². The number of hydrogen-bond acceptors (Lipinski definition) is 4. The minimum atomic E-state index is -0.163. The van der Waals surface area contributed by atoms with Gasteiger partial charge in [-0.15, -0.1) is 10.2 Å². The Labute approximate surface area is 147 Å². The summed E-state index contributed by atoms with van der Waals surface area (Å²) in [7, 11) is 0. The zero-order chi connectivity index (χ0) is 17.2. The number of carbonyl (C=O) groups excluding carboxylic acids is 1. The van der Waals surface area contributed by atoms with Gasteiger partial charge in [-0.25, -0.2) is 0 Å². The monoisotopic (exact) mass is 340 g/mol. The predicted octanol–water partition coefficient (Wildman–Crippen LogP) is 2.43. The maximum atomic E-state index is 12.7. The van der Waals surface area contributed by atoms with E-state index in [4.69, 9.17) is 4.74 Å². The van der Waals surface area contributed by atoms with Gasteiger partial charge in [-0.3, -0.25) is 4.79 Å². The molecule has 2 aromatic rings. The molecule has 2 aliphatic rings. The molecule has 1 aromatic heterocycles. The van der Waals surface area contributed by atoms with Crippen molar-refractivity contribution in [3.63, 3.8) is 0 Å². The van der Waals surface area contributed by atoms with Crippen LogP contribution in [-0.2, 0) is 24.2 Å². The van der Waals surface area contributed by atoms with E-state index in [2.05, 4.69) is 20.1 Å². The zero-order valence-corrected chi connectivity index (χ0v) is 14.6. The van der Waals surface area contributed by atoms with Crippen molar-refractivity contribution in [3.8, 4) is 5.75 Å². The van der Waals surface area contributed by atoms with Gasteiger partial charge in [0.25, 0.3) is 0 Å². The topological polar surface area (TPSA) is 69.0 Å². The van der Waals surface area contributed by atoms with Crippen molar-refractivity contribution in [2.45, 2.75) is 51.6 Å². The standard InChI is InChI=1S/C19H24N4O2/c1-13(18-22-21-17-9-3-2-6-10-23(17)18)20-19(24)15-11-14-7-4-5-8-16(14)25-12-15/h4-5,7-8,13,15H,2-3,6,9-12H2,1H3,(H,20,24)/t13-,15-/m1/s1. The van der Waals surface area contributed by atoms with Crippen molar-refractivity contribution in [1.82, 2.24) is 20.1 Å². The molecular weight excluding hydrogens is 316 g/mol. The van der Waals surface area contributed by atoms with Gasteiger partial charge in [-0.2, -0.15) is 0 Å². The molecule has 0 aliphatic carbocycles. The molecule has 6 nitrogen and oxygen atoms in total. The van der Waals surface area contributed by atoms with Gasteiger partial charge in [0.2, 0.25) is 5.91 Å². The summed E-state index contributed by atoms with van der Waals surface area (Å²) in [5.74, 6) is 2.66. The van der Waals surface area contributed by atoms with Crippen LogP contribution in [0.2, 0.25) is 0 Å². The van der Waals surface area contributed by atoms with Crippen LogP contribution in [0.5, 0.6) is 5.75 Å². The number of aryl methyl sites for hydroxylation is 1. The van der Waals surface area contributed by atoms with Crippen molar-refractivity contribution in [1.29, 1.82) is 0 Å². The summed E-state index contributed by atoms with van der Waals surface area (Å²) >= 11 is 0. The molecule has 0 spiro atoms. The van der Waals surface area contributed by atoms with Gasteiger partial charge in [0, 0.05) is 13.0 Å². The number of aromatic nitrogens is 3. The van der Waals surface area contributed by atoms with Crippen LogP contribution < -0.4 is 10.1 Å². The first kappa shape index (κ1) is 16.1. The molecule has 4 rings (SSSR count). The van der Waals surface area contributed by atoms with Crippen molar-refractivity contribution >= 4 is 5.91 Å². The fourth-order valence-corrected chi connectivity index (χ4v) is 3.72. The molecule has 1 N–H and O–H groups in total. The Morgan fingerprint density at radius 2 is 2.16 bits per heavy atom. The summed E-state index contributed by atoms with van der Waals surface area (Å²) in [6.07, 6.45) is 5.22. The molecule has 2 aliphatic heterocycles. The van der Waals surface area contributed by atoms with Crippen LogP contribution >= 0.6 is 0 Å². The number of para-hydroxylation sites is 1. The fourth-order valence-electron chi connectivity index (χ4n) is 3.72. The van der Waals surface area contributed by atoms with E-state index < -0.39 is 0 Å². The Morgan fingerprint density at radius 1 is 1.28 bits per heavy atom. The Bertz CT molecular complexity index is 771. The third-order valence-electron chi connectivity index (χ3n) is 5.13. The van der Waals surface area contributed by atoms with E-state index in [1.54, 1.807) is 0 Å². The van der Waals surface area contributed by atoms with E-state index in [0.29, 0.717) is 13.0 Å². The number of nitrogens with one attached hydrogen (secondary N) is 1. The molecule has 0 radical (unpaired) electrons. The van der Waals surface area contributed by atoms with Crippen LogP contribution in [0.3, 0.4) is 0 Å². The van der Waals surface area contributed by atoms with Crippen LogP contribution in [-0.4, -0.2) is 27.3 Å². The summed E-state index contributed by atoms with van der Waals surface area (Å²) < 4.78 is 7.93. The second-order valence-corrected chi connectivity index (χ2v) is 6.99. The molecule has 1 aromatic carbocycles. The summed E-state index contributed by atoms with van der Waals surface area (Å²) in [6, 6.07) is 7.77. The van der Waals surface area contributed by atoms with E-state index >= 15 is 0 Å². The molecule has 2 atom stereocenters. The van der Waals surface area contributed by atoms with Gasteiger partial charge < -0.3 is 14.6 Å². The lowest BCUT2D eigenvalue weighted by atomic mass is 9.96. The Morgan fingerprint density at radius 3 is 3.08 bits per heavy atom. The quantitative estimate of drug-likeness (QED) is 0.932. The molecule has 25 heavy (non-hydrogen) atoms. The van der Waals surface area contributed by atoms with Gasteiger partial charge in [-0.1, -0.05) is 24.6 Å². The lowest BCUT2D eigenvalue weighted by molar-refractivity contribution is -0.127. The molecule has 0 fully saturated rings. The molecule has 3 heterocycles. The zero-order valence-electron chi connectivity index (χ0n) is 14.6. The molecule has 0 bridgehead atoms. The lowest BCUT2D eigenvalue weighted by Crippen LogP contribution is -2.39. The minimum absolute atomic E-state index is 0.0213. The average molecular weight is 340 g/mol. The third-order valence-corrected chi connectivity index (χ3v) is 5.13. The number of nitrogens with zero attached hydrogens (tertiary/aromatic N) is 3. The normalized spacial score (nSPS) is 20.6. The van der Waals surface area contributed by atoms with Gasteiger partial charge in [-0.05, 0) is 37.8 Å². The molecule has 132 valence electrons. The molecule has 0 saturated heterocycles. The number of fused-ring (bicyclic) bond motifs is 2. The van der Waals surface area contributed by atoms with Crippen LogP contribution in [0.25, 0.3) is 0 Å². The molecule has 6 heteroatoms. The van der Waals surface area contributed by atoms with Crippen LogP contribution in [0.4, 0.5) is 0 Å². The largest absolute Gasteiger partial charge is 0.492 e. The van der Waals surface area contributed by atoms with Crippen molar-refractivity contribution in [2.75, 3.05) is 6.61 Å². The molecular formula is C19H24N4O2. The van der Waals surface area contributed by atoms with E-state index in [-0.39, 0.29) is 17.9 Å². The first-order valence-electron chi connectivity index (χ1n) is 9.15. The Balaban J connectivity index is 1.44. The predicted molar refractivity (Wildman–Crippen MR) is 93.3 cm³/mol. The lowest BCUT2D eigenvalue weighted by Gasteiger charge is -2.25. The first-order valence-corrected chi connectivity index (χ1v) is 9.15. The van der Waals surface area contributed by atoms with Crippen molar-refractivity contribution in [2.24, 2.45) is 5.92 Å². The van der Waals surface area contributed by atoms with E-state index in [9.17, 15) is 4.79 Å². The summed E-state index contributed by atoms with van der Waals surface area (Å²) in [6.45, 7) is 3.35. The number of hydrogen-bond donors (Lipinski definition) is 1. The van der Waals surface area contributed by atoms with E-state index in [1.165, 1.54) is 6.42 Å². The van der Waals surface area contributed by atoms with E-state index in [1.807, 2.05) is 31.2 Å². The fraction of sp³-hybridized carbons (Fsp3) is 0.526. The third kappa shape index (κ3) is 3.25. The van der Waals surface area contributed by atoms with Crippen molar-refractivity contribution in [3.05, 3.63) is 41.5 Å². The smallest absolute Gasteiger partial charge is 0.227 e. The van der Waals surface area contributed by atoms with E-state index in [0.717, 1.165) is 48.8 Å². The molecule has 1 amide bonds. The SMILES string of the molecule is C[C@@H](NC(=O)[C@H]1COc2ccccc2C1)c1nnc2n1CCCCC2. The molecule has 0 saturated carbocycles. The first-order chi connectivity index (χ1) is 12.2. The minimum Gasteiger partial charge on any atom is -0.492 e. The summed E-state index contributed by atoms with van der Waals surface area (Å²) in [5, 5.41) is 11.8. The second kappa shape index (κ2) is 6.86. The van der Waals surface area contributed by atoms with Gasteiger partial charge in [0.15, 0.2) is 5.82 Å². The number of benzene rings is 1.